The Hall–Kier alpha value is -0.340. The van der Waals surface area contributed by atoms with Gasteiger partial charge in [-0.15, -0.1) is 6.58 Å². The van der Waals surface area contributed by atoms with Crippen molar-refractivity contribution in [3.8, 4) is 0 Å². The zero-order chi connectivity index (χ0) is 10.3. The summed E-state index contributed by atoms with van der Waals surface area (Å²) in [5, 5.41) is 3.46. The minimum absolute atomic E-state index is 0.354. The molecule has 0 radical (unpaired) electrons. The fraction of sp³-hybridized carbons (Fsp3) is 0.818. The Labute approximate surface area is 82.4 Å². The first kappa shape index (κ1) is 12.7. The van der Waals surface area contributed by atoms with Crippen LogP contribution in [0.25, 0.3) is 0 Å². The van der Waals surface area contributed by atoms with Crippen LogP contribution in [0.2, 0.25) is 0 Å². The Balaban J connectivity index is 3.86. The molecule has 0 amide bonds. The summed E-state index contributed by atoms with van der Waals surface area (Å²) in [7, 11) is 0. The molecule has 0 aliphatic carbocycles. The van der Waals surface area contributed by atoms with E-state index >= 15 is 0 Å². The summed E-state index contributed by atoms with van der Waals surface area (Å²) in [6, 6.07) is 0.779. The van der Waals surface area contributed by atoms with Gasteiger partial charge in [0.25, 0.3) is 0 Å². The maximum atomic E-state index is 5.41. The monoisotopic (exact) mass is 185 g/mol. The van der Waals surface area contributed by atoms with Crippen LogP contribution in [0.15, 0.2) is 12.7 Å². The first-order chi connectivity index (χ1) is 6.11. The van der Waals surface area contributed by atoms with E-state index in [1.54, 1.807) is 0 Å². The van der Waals surface area contributed by atoms with E-state index in [0.29, 0.717) is 18.0 Å². The van der Waals surface area contributed by atoms with E-state index in [0.717, 1.165) is 13.2 Å². The highest BCUT2D eigenvalue weighted by molar-refractivity contribution is 4.85. The van der Waals surface area contributed by atoms with Gasteiger partial charge in [0.15, 0.2) is 0 Å². The zero-order valence-corrected chi connectivity index (χ0v) is 9.34. The Bertz CT molecular complexity index is 134. The summed E-state index contributed by atoms with van der Waals surface area (Å²) >= 11 is 0. The van der Waals surface area contributed by atoms with Gasteiger partial charge in [0, 0.05) is 18.7 Å². The number of ether oxygens (including phenoxy) is 1. The van der Waals surface area contributed by atoms with Crippen LogP contribution in [0, 0.1) is 5.92 Å². The van der Waals surface area contributed by atoms with E-state index in [1.165, 1.54) is 0 Å². The lowest BCUT2D eigenvalue weighted by atomic mass is 10.0. The van der Waals surface area contributed by atoms with Gasteiger partial charge in [-0.25, -0.2) is 0 Å². The van der Waals surface area contributed by atoms with Crippen molar-refractivity contribution >= 4 is 0 Å². The molecule has 0 rings (SSSR count). The molecule has 0 aromatic carbocycles. The molecule has 0 fully saturated rings. The van der Waals surface area contributed by atoms with Gasteiger partial charge in [-0.2, -0.15) is 0 Å². The molecule has 0 heterocycles. The zero-order valence-electron chi connectivity index (χ0n) is 9.34. The number of hydrogen-bond donors (Lipinski definition) is 1. The second-order valence-electron chi connectivity index (χ2n) is 3.70. The molecule has 0 saturated heterocycles. The van der Waals surface area contributed by atoms with Crippen molar-refractivity contribution < 1.29 is 4.74 Å². The normalized spacial score (nSPS) is 15.8. The van der Waals surface area contributed by atoms with Gasteiger partial charge in [-0.3, -0.25) is 0 Å². The number of hydrogen-bond acceptors (Lipinski definition) is 2. The summed E-state index contributed by atoms with van der Waals surface area (Å²) in [4.78, 5) is 0. The van der Waals surface area contributed by atoms with E-state index in [2.05, 4.69) is 32.7 Å². The third kappa shape index (κ3) is 5.83. The molecule has 0 aliphatic rings. The summed E-state index contributed by atoms with van der Waals surface area (Å²) in [6.07, 6.45) is 1.92. The Morgan fingerprint density at radius 3 is 2.38 bits per heavy atom. The predicted octanol–water partition coefficient (Wildman–Crippen LogP) is 2.21. The fourth-order valence-corrected chi connectivity index (χ4v) is 1.08. The molecular weight excluding hydrogens is 162 g/mol. The molecule has 2 heteroatoms. The average Bonchev–Trinajstić information content (AvgIpc) is 2.11. The highest BCUT2D eigenvalue weighted by Crippen LogP contribution is 2.03. The average molecular weight is 185 g/mol. The van der Waals surface area contributed by atoms with Crippen LogP contribution in [0.3, 0.4) is 0 Å². The van der Waals surface area contributed by atoms with Crippen molar-refractivity contribution in [3.63, 3.8) is 0 Å². The van der Waals surface area contributed by atoms with Crippen LogP contribution in [-0.4, -0.2) is 25.3 Å². The molecule has 0 aromatic heterocycles. The van der Waals surface area contributed by atoms with E-state index in [4.69, 9.17) is 4.74 Å². The lowest BCUT2D eigenvalue weighted by Gasteiger charge is -2.24. The summed E-state index contributed by atoms with van der Waals surface area (Å²) in [5.74, 6) is 0.592. The Morgan fingerprint density at radius 1 is 1.38 bits per heavy atom. The van der Waals surface area contributed by atoms with Gasteiger partial charge < -0.3 is 10.1 Å². The lowest BCUT2D eigenvalue weighted by molar-refractivity contribution is 0.106. The molecule has 2 atom stereocenters. The molecule has 0 saturated carbocycles. The SMILES string of the molecule is C=CC(C)NC(COCC)C(C)C. The molecule has 0 bridgehead atoms. The maximum absolute atomic E-state index is 5.41. The Morgan fingerprint density at radius 2 is 2.00 bits per heavy atom. The van der Waals surface area contributed by atoms with E-state index < -0.39 is 0 Å². The summed E-state index contributed by atoms with van der Waals surface area (Å²) in [6.45, 7) is 13.8. The first-order valence-electron chi connectivity index (χ1n) is 5.08. The van der Waals surface area contributed by atoms with E-state index in [-0.39, 0.29) is 0 Å². The molecule has 1 N–H and O–H groups in total. The van der Waals surface area contributed by atoms with Crippen LogP contribution in [0.4, 0.5) is 0 Å². The van der Waals surface area contributed by atoms with E-state index in [1.807, 2.05) is 13.0 Å². The summed E-state index contributed by atoms with van der Waals surface area (Å²) in [5.41, 5.74) is 0. The number of nitrogens with one attached hydrogen (secondary N) is 1. The molecule has 2 nitrogen and oxygen atoms in total. The van der Waals surface area contributed by atoms with Crippen molar-refractivity contribution in [1.29, 1.82) is 0 Å². The third-order valence-corrected chi connectivity index (χ3v) is 2.14. The van der Waals surface area contributed by atoms with E-state index in [9.17, 15) is 0 Å². The first-order valence-corrected chi connectivity index (χ1v) is 5.08. The minimum atomic E-state index is 0.354. The van der Waals surface area contributed by atoms with Gasteiger partial charge in [-0.05, 0) is 19.8 Å². The van der Waals surface area contributed by atoms with Crippen molar-refractivity contribution in [3.05, 3.63) is 12.7 Å². The van der Waals surface area contributed by atoms with Gasteiger partial charge in [-0.1, -0.05) is 19.9 Å². The predicted molar refractivity (Wildman–Crippen MR) is 57.9 cm³/mol. The molecule has 13 heavy (non-hydrogen) atoms. The van der Waals surface area contributed by atoms with Crippen molar-refractivity contribution in [1.82, 2.24) is 5.32 Å². The quantitative estimate of drug-likeness (QED) is 0.614. The standard InChI is InChI=1S/C11H23NO/c1-6-10(5)12-11(9(3)4)8-13-7-2/h6,9-12H,1,7-8H2,2-5H3. The van der Waals surface area contributed by atoms with Crippen LogP contribution >= 0.6 is 0 Å². The smallest absolute Gasteiger partial charge is 0.0622 e. The van der Waals surface area contributed by atoms with Crippen molar-refractivity contribution in [2.75, 3.05) is 13.2 Å². The van der Waals surface area contributed by atoms with Gasteiger partial charge in [0.1, 0.15) is 0 Å². The largest absolute Gasteiger partial charge is 0.380 e. The van der Waals surface area contributed by atoms with Crippen LogP contribution in [0.5, 0.6) is 0 Å². The van der Waals surface area contributed by atoms with Crippen molar-refractivity contribution in [2.45, 2.75) is 39.8 Å². The minimum Gasteiger partial charge on any atom is -0.380 e. The topological polar surface area (TPSA) is 21.3 Å². The second-order valence-corrected chi connectivity index (χ2v) is 3.70. The maximum Gasteiger partial charge on any atom is 0.0622 e. The second kappa shape index (κ2) is 7.10. The summed E-state index contributed by atoms with van der Waals surface area (Å²) < 4.78 is 5.41. The Kier molecular flexibility index (Phi) is 6.92. The highest BCUT2D eigenvalue weighted by Gasteiger charge is 2.13. The highest BCUT2D eigenvalue weighted by atomic mass is 16.5. The fourth-order valence-electron chi connectivity index (χ4n) is 1.08. The third-order valence-electron chi connectivity index (χ3n) is 2.14. The van der Waals surface area contributed by atoms with Gasteiger partial charge in [0.2, 0.25) is 0 Å². The molecule has 0 spiro atoms. The lowest BCUT2D eigenvalue weighted by Crippen LogP contribution is -2.42. The molecule has 78 valence electrons. The molecule has 0 aromatic rings. The van der Waals surface area contributed by atoms with Gasteiger partial charge >= 0.3 is 0 Å². The molecule has 2 unspecified atom stereocenters. The van der Waals surface area contributed by atoms with Gasteiger partial charge in [0.05, 0.1) is 6.61 Å². The number of rotatable bonds is 7. The molecule has 0 aliphatic heterocycles. The van der Waals surface area contributed by atoms with Crippen LogP contribution in [0.1, 0.15) is 27.7 Å². The van der Waals surface area contributed by atoms with Crippen molar-refractivity contribution in [2.24, 2.45) is 5.92 Å². The van der Waals surface area contributed by atoms with Crippen LogP contribution in [-0.2, 0) is 4.74 Å². The molecular formula is C11H23NO. The van der Waals surface area contributed by atoms with Crippen LogP contribution < -0.4 is 5.32 Å².